The third-order valence-electron chi connectivity index (χ3n) is 5.29. The third kappa shape index (κ3) is 5.32. The van der Waals surface area contributed by atoms with Gasteiger partial charge in [0.15, 0.2) is 5.65 Å². The quantitative estimate of drug-likeness (QED) is 0.566. The molecule has 0 saturated heterocycles. The average Bonchev–Trinajstić information content (AvgIpc) is 3.02. The Labute approximate surface area is 181 Å². The number of aryl methyl sites for hydroxylation is 1. The van der Waals surface area contributed by atoms with Crippen LogP contribution in [-0.2, 0) is 16.6 Å². The van der Waals surface area contributed by atoms with Crippen LogP contribution >= 0.6 is 0 Å². The minimum atomic E-state index is -0.0346. The molecule has 8 nitrogen and oxygen atoms in total. The van der Waals surface area contributed by atoms with Crippen molar-refractivity contribution in [2.24, 2.45) is 13.0 Å². The van der Waals surface area contributed by atoms with Crippen LogP contribution in [0.4, 0.5) is 0 Å². The number of para-hydroxylation sites is 1. The van der Waals surface area contributed by atoms with Gasteiger partial charge in [-0.25, -0.2) is 0 Å². The van der Waals surface area contributed by atoms with E-state index < -0.39 is 0 Å². The van der Waals surface area contributed by atoms with Crippen LogP contribution in [0.3, 0.4) is 0 Å². The van der Waals surface area contributed by atoms with Crippen LogP contribution < -0.4 is 14.8 Å². The topological polar surface area (TPSA) is 87.5 Å². The first-order valence-electron chi connectivity index (χ1n) is 10.6. The lowest BCUT2D eigenvalue weighted by Crippen LogP contribution is -2.40. The lowest BCUT2D eigenvalue weighted by molar-refractivity contribution is -0.120. The van der Waals surface area contributed by atoms with Crippen LogP contribution in [0.1, 0.15) is 26.7 Å². The molecule has 0 aliphatic heterocycles. The number of rotatable bonds is 9. The first kappa shape index (κ1) is 21.1. The zero-order valence-corrected chi connectivity index (χ0v) is 18.1. The number of fused-ring (bicyclic) bond motifs is 1. The molecule has 1 saturated carbocycles. The van der Waals surface area contributed by atoms with E-state index in [0.29, 0.717) is 36.7 Å². The summed E-state index contributed by atoms with van der Waals surface area (Å²) in [6.45, 7) is 4.59. The molecule has 2 aromatic heterocycles. The zero-order valence-electron chi connectivity index (χ0n) is 18.1. The third-order valence-corrected chi connectivity index (χ3v) is 5.29. The van der Waals surface area contributed by atoms with Gasteiger partial charge in [0.1, 0.15) is 11.3 Å². The van der Waals surface area contributed by atoms with Crippen molar-refractivity contribution in [3.63, 3.8) is 0 Å². The smallest absolute Gasteiger partial charge is 0.303 e. The highest BCUT2D eigenvalue weighted by Crippen LogP contribution is 2.31. The van der Waals surface area contributed by atoms with E-state index in [1.165, 1.54) is 6.92 Å². The highest BCUT2D eigenvalue weighted by molar-refractivity contribution is 5.73. The molecule has 1 atom stereocenters. The largest absolute Gasteiger partial charge is 0.477 e. The summed E-state index contributed by atoms with van der Waals surface area (Å²) >= 11 is 0. The molecule has 1 aliphatic carbocycles. The van der Waals surface area contributed by atoms with E-state index in [9.17, 15) is 4.79 Å². The van der Waals surface area contributed by atoms with Crippen LogP contribution in [0.5, 0.6) is 17.6 Å². The van der Waals surface area contributed by atoms with Crippen LogP contribution in [0.2, 0.25) is 0 Å². The standard InChI is InChI=1S/C23H28N4O4/c1-15(24-16(2)28)13-29-19-11-17(12-19)14-30-21-10-9-20-22(26-21)27(3)23(25-20)31-18-7-5-4-6-8-18/h4-10,15,17,19H,11-14H2,1-3H3,(H,24,28)/t15-,17?,19?/m0/s1. The Kier molecular flexibility index (Phi) is 6.36. The predicted molar refractivity (Wildman–Crippen MR) is 116 cm³/mol. The fourth-order valence-electron chi connectivity index (χ4n) is 3.61. The van der Waals surface area contributed by atoms with Gasteiger partial charge in [-0.1, -0.05) is 18.2 Å². The summed E-state index contributed by atoms with van der Waals surface area (Å²) in [5.41, 5.74) is 1.47. The summed E-state index contributed by atoms with van der Waals surface area (Å²) in [4.78, 5) is 20.2. The van der Waals surface area contributed by atoms with Crippen molar-refractivity contribution in [1.82, 2.24) is 19.9 Å². The maximum Gasteiger partial charge on any atom is 0.303 e. The van der Waals surface area contributed by atoms with Gasteiger partial charge in [-0.05, 0) is 43.9 Å². The molecule has 4 rings (SSSR count). The second kappa shape index (κ2) is 9.34. The van der Waals surface area contributed by atoms with Crippen molar-refractivity contribution >= 4 is 17.1 Å². The fraction of sp³-hybridized carbons (Fsp3) is 0.435. The Morgan fingerprint density at radius 1 is 1.19 bits per heavy atom. The second-order valence-corrected chi connectivity index (χ2v) is 8.07. The van der Waals surface area contributed by atoms with Gasteiger partial charge in [0.2, 0.25) is 11.8 Å². The van der Waals surface area contributed by atoms with Gasteiger partial charge < -0.3 is 19.5 Å². The molecule has 2 heterocycles. The molecule has 1 fully saturated rings. The van der Waals surface area contributed by atoms with Crippen molar-refractivity contribution < 1.29 is 19.0 Å². The minimum Gasteiger partial charge on any atom is -0.477 e. The number of nitrogens with one attached hydrogen (secondary N) is 1. The van der Waals surface area contributed by atoms with Gasteiger partial charge in [0.05, 0.1) is 19.3 Å². The lowest BCUT2D eigenvalue weighted by Gasteiger charge is -2.35. The van der Waals surface area contributed by atoms with E-state index in [0.717, 1.165) is 24.1 Å². The molecule has 164 valence electrons. The predicted octanol–water partition coefficient (Wildman–Crippen LogP) is 3.46. The van der Waals surface area contributed by atoms with E-state index in [1.807, 2.05) is 61.0 Å². The summed E-state index contributed by atoms with van der Waals surface area (Å²) < 4.78 is 19.4. The van der Waals surface area contributed by atoms with E-state index in [1.54, 1.807) is 0 Å². The average molecular weight is 425 g/mol. The normalized spacial score (nSPS) is 18.9. The second-order valence-electron chi connectivity index (χ2n) is 8.07. The van der Waals surface area contributed by atoms with Gasteiger partial charge in [-0.3, -0.25) is 9.36 Å². The Bertz CT molecular complexity index is 1030. The van der Waals surface area contributed by atoms with Crippen LogP contribution in [-0.4, -0.2) is 45.8 Å². The Hall–Kier alpha value is -3.13. The number of hydrogen-bond donors (Lipinski definition) is 1. The number of amides is 1. The molecule has 31 heavy (non-hydrogen) atoms. The summed E-state index contributed by atoms with van der Waals surface area (Å²) in [5, 5.41) is 2.83. The van der Waals surface area contributed by atoms with Crippen molar-refractivity contribution in [1.29, 1.82) is 0 Å². The molecule has 3 aromatic rings. The van der Waals surface area contributed by atoms with E-state index in [4.69, 9.17) is 14.2 Å². The van der Waals surface area contributed by atoms with Gasteiger partial charge in [-0.2, -0.15) is 9.97 Å². The molecule has 1 aliphatic rings. The number of nitrogens with zero attached hydrogens (tertiary/aromatic N) is 3. The van der Waals surface area contributed by atoms with Crippen molar-refractivity contribution in [3.8, 4) is 17.6 Å². The monoisotopic (exact) mass is 424 g/mol. The number of imidazole rings is 1. The number of aromatic nitrogens is 3. The highest BCUT2D eigenvalue weighted by atomic mass is 16.5. The maximum absolute atomic E-state index is 11.0. The fourth-order valence-corrected chi connectivity index (χ4v) is 3.61. The first-order valence-corrected chi connectivity index (χ1v) is 10.6. The molecular weight excluding hydrogens is 396 g/mol. The molecule has 0 radical (unpaired) electrons. The van der Waals surface area contributed by atoms with Crippen molar-refractivity contribution in [2.45, 2.75) is 38.8 Å². The van der Waals surface area contributed by atoms with Crippen LogP contribution in [0, 0.1) is 5.92 Å². The highest BCUT2D eigenvalue weighted by Gasteiger charge is 2.31. The van der Waals surface area contributed by atoms with E-state index in [2.05, 4.69) is 15.3 Å². The zero-order chi connectivity index (χ0) is 21.8. The summed E-state index contributed by atoms with van der Waals surface area (Å²) in [6.07, 6.45) is 2.14. The molecule has 1 aromatic carbocycles. The van der Waals surface area contributed by atoms with E-state index in [-0.39, 0.29) is 18.1 Å². The summed E-state index contributed by atoms with van der Waals surface area (Å²) in [6, 6.07) is 13.8. The van der Waals surface area contributed by atoms with E-state index >= 15 is 0 Å². The summed E-state index contributed by atoms with van der Waals surface area (Å²) in [7, 11) is 1.88. The number of carbonyl (C=O) groups excluding carboxylic acids is 1. The lowest BCUT2D eigenvalue weighted by atomic mass is 9.83. The number of benzene rings is 1. The SMILES string of the molecule is CC(=O)N[C@@H](C)COC1CC(COc2ccc3nc(Oc4ccccc4)n(C)c3n2)C1. The van der Waals surface area contributed by atoms with Crippen LogP contribution in [0.15, 0.2) is 42.5 Å². The van der Waals surface area contributed by atoms with Gasteiger partial charge in [0, 0.05) is 26.1 Å². The minimum absolute atomic E-state index is 0.0263. The number of pyridine rings is 1. The number of ether oxygens (including phenoxy) is 3. The molecule has 1 N–H and O–H groups in total. The Morgan fingerprint density at radius 2 is 1.97 bits per heavy atom. The molecule has 1 amide bonds. The van der Waals surface area contributed by atoms with Crippen molar-refractivity contribution in [2.75, 3.05) is 13.2 Å². The molecule has 0 bridgehead atoms. The van der Waals surface area contributed by atoms with Gasteiger partial charge in [-0.15, -0.1) is 0 Å². The van der Waals surface area contributed by atoms with Gasteiger partial charge in [0.25, 0.3) is 0 Å². The van der Waals surface area contributed by atoms with Crippen LogP contribution in [0.25, 0.3) is 11.2 Å². The molecular formula is C23H28N4O4. The molecule has 0 spiro atoms. The molecule has 0 unspecified atom stereocenters. The van der Waals surface area contributed by atoms with Crippen molar-refractivity contribution in [3.05, 3.63) is 42.5 Å². The number of carbonyl (C=O) groups is 1. The Balaban J connectivity index is 1.27. The maximum atomic E-state index is 11.0. The Morgan fingerprint density at radius 3 is 2.71 bits per heavy atom. The summed E-state index contributed by atoms with van der Waals surface area (Å²) in [5.74, 6) is 1.71. The number of hydrogen-bond acceptors (Lipinski definition) is 6. The molecule has 8 heteroatoms. The van der Waals surface area contributed by atoms with Gasteiger partial charge >= 0.3 is 6.01 Å². The first-order chi connectivity index (χ1) is 15.0.